The van der Waals surface area contributed by atoms with E-state index in [9.17, 15) is 0 Å². The normalized spacial score (nSPS) is 16.5. The summed E-state index contributed by atoms with van der Waals surface area (Å²) in [5.74, 6) is 2.38. The van der Waals surface area contributed by atoms with E-state index in [0.29, 0.717) is 50.9 Å². The monoisotopic (exact) mass is 475 g/mol. The van der Waals surface area contributed by atoms with Crippen LogP contribution in [0.1, 0.15) is 11.1 Å². The van der Waals surface area contributed by atoms with E-state index in [1.165, 1.54) is 0 Å². The summed E-state index contributed by atoms with van der Waals surface area (Å²) >= 11 is 0. The van der Waals surface area contributed by atoms with Crippen LogP contribution < -0.4 is 20.0 Å². The number of hydrazone groups is 1. The second kappa shape index (κ2) is 11.6. The molecule has 2 fully saturated rings. The number of nitrogens with zero attached hydrogens (tertiary/aromatic N) is 6. The summed E-state index contributed by atoms with van der Waals surface area (Å²) in [7, 11) is 0. The minimum absolute atomic E-state index is 0.391. The van der Waals surface area contributed by atoms with Crippen molar-refractivity contribution in [1.29, 1.82) is 0 Å². The van der Waals surface area contributed by atoms with Crippen LogP contribution >= 0.6 is 0 Å². The topological polar surface area (TPSA) is 97.2 Å². The van der Waals surface area contributed by atoms with E-state index in [2.05, 4.69) is 30.3 Å². The van der Waals surface area contributed by atoms with Crippen LogP contribution in [0.25, 0.3) is 0 Å². The average Bonchev–Trinajstić information content (AvgIpc) is 2.94. The molecular weight excluding hydrogens is 446 g/mol. The first-order chi connectivity index (χ1) is 17.3. The van der Waals surface area contributed by atoms with Gasteiger partial charge in [0.2, 0.25) is 17.8 Å². The lowest BCUT2D eigenvalue weighted by molar-refractivity contribution is 0.121. The number of nitrogens with one attached hydrogen (secondary N) is 1. The lowest BCUT2D eigenvalue weighted by atomic mass is 10.2. The van der Waals surface area contributed by atoms with E-state index in [0.717, 1.165) is 43.1 Å². The lowest BCUT2D eigenvalue weighted by Crippen LogP contribution is -2.40. The molecule has 3 heterocycles. The van der Waals surface area contributed by atoms with E-state index < -0.39 is 0 Å². The van der Waals surface area contributed by atoms with Gasteiger partial charge in [-0.15, -0.1) is 0 Å². The molecule has 0 saturated carbocycles. The second-order valence-corrected chi connectivity index (χ2v) is 8.14. The summed E-state index contributed by atoms with van der Waals surface area (Å²) in [6.07, 6.45) is 1.72. The van der Waals surface area contributed by atoms with Crippen LogP contribution in [0.15, 0.2) is 59.7 Å². The maximum Gasteiger partial charge on any atom is 0.250 e. The van der Waals surface area contributed by atoms with Gasteiger partial charge < -0.3 is 24.0 Å². The van der Waals surface area contributed by atoms with Crippen molar-refractivity contribution in [3.63, 3.8) is 0 Å². The van der Waals surface area contributed by atoms with Crippen molar-refractivity contribution in [3.8, 4) is 5.75 Å². The Hall–Kier alpha value is -3.76. The summed E-state index contributed by atoms with van der Waals surface area (Å²) < 4.78 is 17.0. The molecule has 0 aliphatic carbocycles. The van der Waals surface area contributed by atoms with Crippen molar-refractivity contribution in [3.05, 3.63) is 65.7 Å². The molecule has 2 aliphatic heterocycles. The summed E-state index contributed by atoms with van der Waals surface area (Å²) in [4.78, 5) is 18.2. The van der Waals surface area contributed by atoms with E-state index in [1.807, 2.05) is 54.6 Å². The minimum Gasteiger partial charge on any atom is -0.488 e. The van der Waals surface area contributed by atoms with E-state index in [-0.39, 0.29) is 0 Å². The van der Waals surface area contributed by atoms with Gasteiger partial charge in [-0.25, -0.2) is 5.43 Å². The molecule has 0 amide bonds. The quantitative estimate of drug-likeness (QED) is 0.389. The van der Waals surface area contributed by atoms with Gasteiger partial charge in [-0.2, -0.15) is 20.1 Å². The maximum atomic E-state index is 6.03. The van der Waals surface area contributed by atoms with Gasteiger partial charge >= 0.3 is 0 Å². The predicted octanol–water partition coefficient (Wildman–Crippen LogP) is 2.57. The molecule has 0 radical (unpaired) electrons. The zero-order valence-corrected chi connectivity index (χ0v) is 19.5. The van der Waals surface area contributed by atoms with Crippen molar-refractivity contribution in [2.45, 2.75) is 6.61 Å². The molecule has 10 nitrogen and oxygen atoms in total. The SMILES string of the molecule is C(=N/Nc1nc(N2CCOCC2)nc(N2CCOCC2)n1)/c1ccccc1OCc1ccccc1. The van der Waals surface area contributed by atoms with E-state index in [4.69, 9.17) is 19.2 Å². The van der Waals surface area contributed by atoms with E-state index in [1.54, 1.807) is 6.21 Å². The summed E-state index contributed by atoms with van der Waals surface area (Å²) in [5.41, 5.74) is 4.95. The fourth-order valence-corrected chi connectivity index (χ4v) is 3.83. The Morgan fingerprint density at radius 3 is 2.06 bits per heavy atom. The Labute approximate surface area is 204 Å². The smallest absolute Gasteiger partial charge is 0.250 e. The molecule has 182 valence electrons. The Morgan fingerprint density at radius 2 is 1.40 bits per heavy atom. The van der Waals surface area contributed by atoms with Gasteiger partial charge in [0.15, 0.2) is 0 Å². The summed E-state index contributed by atoms with van der Waals surface area (Å²) in [6.45, 7) is 6.04. The van der Waals surface area contributed by atoms with Crippen molar-refractivity contribution in [2.75, 3.05) is 67.8 Å². The van der Waals surface area contributed by atoms with Gasteiger partial charge in [0.1, 0.15) is 12.4 Å². The molecule has 1 aromatic heterocycles. The molecule has 1 N–H and O–H groups in total. The summed E-state index contributed by atoms with van der Waals surface area (Å²) in [5, 5.41) is 4.41. The van der Waals surface area contributed by atoms with Gasteiger partial charge in [-0.05, 0) is 17.7 Å². The van der Waals surface area contributed by atoms with Crippen LogP contribution in [0.3, 0.4) is 0 Å². The van der Waals surface area contributed by atoms with E-state index >= 15 is 0 Å². The number of aromatic nitrogens is 3. The highest BCUT2D eigenvalue weighted by Gasteiger charge is 2.20. The maximum absolute atomic E-state index is 6.03. The first kappa shape index (κ1) is 23.0. The number of hydrogen-bond donors (Lipinski definition) is 1. The van der Waals surface area contributed by atoms with Crippen LogP contribution in [0.2, 0.25) is 0 Å². The molecule has 0 unspecified atom stereocenters. The van der Waals surface area contributed by atoms with Crippen LogP contribution in [0, 0.1) is 0 Å². The Morgan fingerprint density at radius 1 is 0.800 bits per heavy atom. The number of anilines is 3. The van der Waals surface area contributed by atoms with Gasteiger partial charge in [-0.1, -0.05) is 42.5 Å². The molecule has 0 spiro atoms. The zero-order valence-electron chi connectivity index (χ0n) is 19.5. The number of benzene rings is 2. The zero-order chi connectivity index (χ0) is 23.7. The fourth-order valence-electron chi connectivity index (χ4n) is 3.83. The van der Waals surface area contributed by atoms with Gasteiger partial charge in [0.05, 0.1) is 32.6 Å². The third kappa shape index (κ3) is 6.23. The molecule has 0 bridgehead atoms. The number of morpholine rings is 2. The number of hydrogen-bond acceptors (Lipinski definition) is 10. The number of ether oxygens (including phenoxy) is 3. The average molecular weight is 476 g/mol. The third-order valence-electron chi connectivity index (χ3n) is 5.72. The van der Waals surface area contributed by atoms with Crippen LogP contribution in [0.4, 0.5) is 17.8 Å². The van der Waals surface area contributed by atoms with Crippen LogP contribution in [0.5, 0.6) is 5.75 Å². The van der Waals surface area contributed by atoms with Gasteiger partial charge in [0.25, 0.3) is 0 Å². The number of para-hydroxylation sites is 1. The van der Waals surface area contributed by atoms with Crippen molar-refractivity contribution >= 4 is 24.1 Å². The first-order valence-corrected chi connectivity index (χ1v) is 11.8. The molecule has 10 heteroatoms. The molecule has 2 aromatic carbocycles. The number of rotatable bonds is 8. The first-order valence-electron chi connectivity index (χ1n) is 11.8. The molecule has 0 atom stereocenters. The molecule has 2 saturated heterocycles. The van der Waals surface area contributed by atoms with Crippen molar-refractivity contribution in [2.24, 2.45) is 5.10 Å². The van der Waals surface area contributed by atoms with Crippen molar-refractivity contribution in [1.82, 2.24) is 15.0 Å². The third-order valence-corrected chi connectivity index (χ3v) is 5.72. The standard InChI is InChI=1S/C25H29N7O3/c1-2-6-20(7-3-1)19-35-22-9-5-4-8-21(22)18-26-30-23-27-24(31-10-14-33-15-11-31)29-25(28-23)32-12-16-34-17-13-32/h1-9,18H,10-17,19H2,(H,27,28,29,30)/b26-18-. The lowest BCUT2D eigenvalue weighted by Gasteiger charge is -2.30. The van der Waals surface area contributed by atoms with Gasteiger partial charge in [0, 0.05) is 31.7 Å². The molecule has 5 rings (SSSR count). The summed E-state index contributed by atoms with van der Waals surface area (Å²) in [6, 6.07) is 17.9. The second-order valence-electron chi connectivity index (χ2n) is 8.14. The van der Waals surface area contributed by atoms with Crippen molar-refractivity contribution < 1.29 is 14.2 Å². The fraction of sp³-hybridized carbons (Fsp3) is 0.360. The van der Waals surface area contributed by atoms with Crippen LogP contribution in [-0.4, -0.2) is 73.8 Å². The van der Waals surface area contributed by atoms with Gasteiger partial charge in [-0.3, -0.25) is 0 Å². The minimum atomic E-state index is 0.391. The highest BCUT2D eigenvalue weighted by molar-refractivity contribution is 5.83. The molecule has 35 heavy (non-hydrogen) atoms. The Balaban J connectivity index is 1.31. The molecule has 2 aliphatic rings. The predicted molar refractivity (Wildman–Crippen MR) is 134 cm³/mol. The molecule has 3 aromatic rings. The highest BCUT2D eigenvalue weighted by Crippen LogP contribution is 2.20. The largest absolute Gasteiger partial charge is 0.488 e. The highest BCUT2D eigenvalue weighted by atomic mass is 16.5. The Kier molecular flexibility index (Phi) is 7.61. The van der Waals surface area contributed by atoms with Crippen LogP contribution in [-0.2, 0) is 16.1 Å². The Bertz CT molecular complexity index is 1080. The molecular formula is C25H29N7O3.